The molecule has 1 heteroatoms. The Labute approximate surface area is 122 Å². The molecule has 108 valence electrons. The minimum atomic E-state index is -0.220. The second-order valence-electron chi connectivity index (χ2n) is 8.38. The Morgan fingerprint density at radius 3 is 2.05 bits per heavy atom. The summed E-state index contributed by atoms with van der Waals surface area (Å²) >= 11 is 0. The molecule has 1 aromatic carbocycles. The molecule has 3 aliphatic rings. The summed E-state index contributed by atoms with van der Waals surface area (Å²) in [4.78, 5) is 0. The zero-order chi connectivity index (χ0) is 14.1. The van der Waals surface area contributed by atoms with Crippen molar-refractivity contribution in [2.75, 3.05) is 0 Å². The van der Waals surface area contributed by atoms with Crippen molar-refractivity contribution in [3.8, 4) is 0 Å². The topological polar surface area (TPSA) is 20.2 Å². The van der Waals surface area contributed by atoms with Crippen molar-refractivity contribution in [1.82, 2.24) is 0 Å². The van der Waals surface area contributed by atoms with Gasteiger partial charge < -0.3 is 5.11 Å². The van der Waals surface area contributed by atoms with Gasteiger partial charge in [0.15, 0.2) is 0 Å². The van der Waals surface area contributed by atoms with E-state index in [9.17, 15) is 5.11 Å². The lowest BCUT2D eigenvalue weighted by Crippen LogP contribution is -2.12. The molecule has 1 aromatic rings. The van der Waals surface area contributed by atoms with Crippen LogP contribution < -0.4 is 0 Å². The lowest BCUT2D eigenvalue weighted by atomic mass is 9.86. The van der Waals surface area contributed by atoms with Crippen molar-refractivity contribution < 1.29 is 5.11 Å². The summed E-state index contributed by atoms with van der Waals surface area (Å²) in [5, 5.41) is 10.7. The molecule has 3 saturated carbocycles. The van der Waals surface area contributed by atoms with E-state index in [1.54, 1.807) is 0 Å². The fourth-order valence-corrected chi connectivity index (χ4v) is 5.22. The molecule has 0 aliphatic heterocycles. The molecule has 0 aromatic heterocycles. The van der Waals surface area contributed by atoms with E-state index in [4.69, 9.17) is 0 Å². The Bertz CT molecular complexity index is 494. The van der Waals surface area contributed by atoms with Gasteiger partial charge in [-0.15, -0.1) is 0 Å². The molecule has 0 spiro atoms. The van der Waals surface area contributed by atoms with Crippen molar-refractivity contribution in [3.63, 3.8) is 0 Å². The van der Waals surface area contributed by atoms with Gasteiger partial charge >= 0.3 is 0 Å². The Morgan fingerprint density at radius 2 is 1.55 bits per heavy atom. The van der Waals surface area contributed by atoms with Gasteiger partial charge in [-0.05, 0) is 65.4 Å². The van der Waals surface area contributed by atoms with Crippen LogP contribution in [-0.2, 0) is 5.41 Å². The maximum atomic E-state index is 10.7. The minimum Gasteiger partial charge on any atom is -0.388 e. The highest BCUT2D eigenvalue weighted by Crippen LogP contribution is 2.72. The Balaban J connectivity index is 1.51. The summed E-state index contributed by atoms with van der Waals surface area (Å²) < 4.78 is 0. The highest BCUT2D eigenvalue weighted by molar-refractivity contribution is 5.31. The summed E-state index contributed by atoms with van der Waals surface area (Å²) in [6, 6.07) is 8.71. The molecule has 0 saturated heterocycles. The predicted molar refractivity (Wildman–Crippen MR) is 81.4 cm³/mol. The maximum Gasteiger partial charge on any atom is 0.0823 e. The van der Waals surface area contributed by atoms with Gasteiger partial charge in [-0.1, -0.05) is 45.0 Å². The van der Waals surface area contributed by atoms with Crippen LogP contribution in [0.5, 0.6) is 0 Å². The highest BCUT2D eigenvalue weighted by atomic mass is 16.3. The number of hydrogen-bond donors (Lipinski definition) is 1. The third kappa shape index (κ3) is 1.79. The van der Waals surface area contributed by atoms with Crippen LogP contribution in [0.25, 0.3) is 0 Å². The van der Waals surface area contributed by atoms with Crippen molar-refractivity contribution in [2.45, 2.75) is 51.6 Å². The van der Waals surface area contributed by atoms with Gasteiger partial charge in [0.25, 0.3) is 0 Å². The number of fused-ring (bicyclic) bond motifs is 5. The lowest BCUT2D eigenvalue weighted by molar-refractivity contribution is 0.130. The molecular formula is C19H26O. The molecule has 3 aliphatic carbocycles. The second kappa shape index (κ2) is 4.10. The van der Waals surface area contributed by atoms with Gasteiger partial charge in [0, 0.05) is 0 Å². The first kappa shape index (κ1) is 12.9. The van der Waals surface area contributed by atoms with E-state index in [1.165, 1.54) is 24.8 Å². The van der Waals surface area contributed by atoms with Crippen LogP contribution in [-0.4, -0.2) is 5.11 Å². The molecule has 1 nitrogen and oxygen atoms in total. The van der Waals surface area contributed by atoms with E-state index < -0.39 is 0 Å². The number of benzene rings is 1. The van der Waals surface area contributed by atoms with Crippen molar-refractivity contribution >= 4 is 0 Å². The van der Waals surface area contributed by atoms with Crippen LogP contribution in [0.3, 0.4) is 0 Å². The smallest absolute Gasteiger partial charge is 0.0823 e. The van der Waals surface area contributed by atoms with Crippen LogP contribution in [0, 0.1) is 29.6 Å². The first-order valence-electron chi connectivity index (χ1n) is 8.25. The maximum absolute atomic E-state index is 10.7. The minimum absolute atomic E-state index is 0.193. The van der Waals surface area contributed by atoms with E-state index in [-0.39, 0.29) is 11.5 Å². The highest BCUT2D eigenvalue weighted by Gasteiger charge is 2.66. The molecule has 4 rings (SSSR count). The molecule has 20 heavy (non-hydrogen) atoms. The molecule has 3 fully saturated rings. The summed E-state index contributed by atoms with van der Waals surface area (Å²) in [6.07, 6.45) is 4.10. The molecule has 0 radical (unpaired) electrons. The number of rotatable bonds is 2. The van der Waals surface area contributed by atoms with Crippen LogP contribution in [0.2, 0.25) is 0 Å². The van der Waals surface area contributed by atoms with E-state index >= 15 is 0 Å². The van der Waals surface area contributed by atoms with Crippen molar-refractivity contribution in [2.24, 2.45) is 29.6 Å². The molecule has 1 N–H and O–H groups in total. The molecule has 0 heterocycles. The van der Waals surface area contributed by atoms with Gasteiger partial charge in [0.05, 0.1) is 6.10 Å². The average Bonchev–Trinajstić information content (AvgIpc) is 2.84. The average molecular weight is 270 g/mol. The Hall–Kier alpha value is -0.820. The monoisotopic (exact) mass is 270 g/mol. The standard InChI is InChI=1S/C19H26O/c1-19(2,3)14-8-6-11(7-9-14)18(20)17-15-12-4-5-13(10-12)16(15)17/h6-9,12-13,15-18,20H,4-5,10H2,1-3H3. The summed E-state index contributed by atoms with van der Waals surface area (Å²) in [5.41, 5.74) is 2.68. The SMILES string of the molecule is CC(C)(C)c1ccc(C(O)C2C3C4CCC(C4)C32)cc1. The Morgan fingerprint density at radius 1 is 1.00 bits per heavy atom. The van der Waals surface area contributed by atoms with Gasteiger partial charge in [-0.25, -0.2) is 0 Å². The van der Waals surface area contributed by atoms with E-state index in [1.807, 2.05) is 0 Å². The predicted octanol–water partition coefficient (Wildman–Crippen LogP) is 4.31. The number of aliphatic hydroxyl groups excluding tert-OH is 1. The summed E-state index contributed by atoms with van der Waals surface area (Å²) in [6.45, 7) is 6.71. The first-order valence-corrected chi connectivity index (χ1v) is 8.25. The van der Waals surface area contributed by atoms with Crippen molar-refractivity contribution in [1.29, 1.82) is 0 Å². The lowest BCUT2D eigenvalue weighted by Gasteiger charge is -2.21. The normalized spacial score (nSPS) is 39.7. The van der Waals surface area contributed by atoms with Crippen LogP contribution in [0.15, 0.2) is 24.3 Å². The third-order valence-corrected chi connectivity index (χ3v) is 6.28. The third-order valence-electron chi connectivity index (χ3n) is 6.28. The molecule has 0 amide bonds. The Kier molecular flexibility index (Phi) is 2.64. The zero-order valence-electron chi connectivity index (χ0n) is 12.8. The number of aliphatic hydroxyl groups is 1. The van der Waals surface area contributed by atoms with E-state index in [0.29, 0.717) is 5.92 Å². The van der Waals surface area contributed by atoms with E-state index in [0.717, 1.165) is 29.2 Å². The van der Waals surface area contributed by atoms with Crippen LogP contribution in [0.1, 0.15) is 57.3 Å². The molecule has 5 unspecified atom stereocenters. The first-order chi connectivity index (χ1) is 9.47. The van der Waals surface area contributed by atoms with Gasteiger partial charge in [-0.3, -0.25) is 0 Å². The zero-order valence-corrected chi connectivity index (χ0v) is 12.8. The fraction of sp³-hybridized carbons (Fsp3) is 0.684. The fourth-order valence-electron chi connectivity index (χ4n) is 5.22. The van der Waals surface area contributed by atoms with Gasteiger partial charge in [0.2, 0.25) is 0 Å². The second-order valence-corrected chi connectivity index (χ2v) is 8.38. The summed E-state index contributed by atoms with van der Waals surface area (Å²) in [7, 11) is 0. The largest absolute Gasteiger partial charge is 0.388 e. The van der Waals surface area contributed by atoms with Crippen LogP contribution in [0.4, 0.5) is 0 Å². The van der Waals surface area contributed by atoms with Crippen molar-refractivity contribution in [3.05, 3.63) is 35.4 Å². The number of hydrogen-bond acceptors (Lipinski definition) is 1. The molecule has 2 bridgehead atoms. The van der Waals surface area contributed by atoms with Gasteiger partial charge in [0.1, 0.15) is 0 Å². The molecule has 5 atom stereocenters. The van der Waals surface area contributed by atoms with Gasteiger partial charge in [-0.2, -0.15) is 0 Å². The molecular weight excluding hydrogens is 244 g/mol. The van der Waals surface area contributed by atoms with E-state index in [2.05, 4.69) is 45.0 Å². The van der Waals surface area contributed by atoms with Crippen LogP contribution >= 0.6 is 0 Å². The summed E-state index contributed by atoms with van der Waals surface area (Å²) in [5.74, 6) is 4.16. The quantitative estimate of drug-likeness (QED) is 0.849.